The molecule has 2 heterocycles. The molecule has 0 radical (unpaired) electrons. The minimum Gasteiger partial charge on any atom is -0.280 e. The Bertz CT molecular complexity index is 503. The Morgan fingerprint density at radius 2 is 1.73 bits per heavy atom. The van der Waals surface area contributed by atoms with Crippen LogP contribution in [0.25, 0.3) is 0 Å². The van der Waals surface area contributed by atoms with Crippen LogP contribution < -0.4 is 0 Å². The first-order valence-corrected chi connectivity index (χ1v) is 4.97. The standard InChI is InChI=1S/C13H10N2/c1-2-4-12-11(3-1)9-15-13(12)10-5-7-14-8-6-10/h1-9,13H. The fourth-order valence-electron chi connectivity index (χ4n) is 1.92. The second-order valence-corrected chi connectivity index (χ2v) is 3.59. The smallest absolute Gasteiger partial charge is 0.101 e. The van der Waals surface area contributed by atoms with Gasteiger partial charge in [-0.3, -0.25) is 9.98 Å². The maximum atomic E-state index is 4.52. The molecule has 1 unspecified atom stereocenters. The van der Waals surface area contributed by atoms with Crippen LogP contribution in [0.4, 0.5) is 0 Å². The number of rotatable bonds is 1. The molecule has 0 N–H and O–H groups in total. The zero-order valence-corrected chi connectivity index (χ0v) is 8.17. The summed E-state index contributed by atoms with van der Waals surface area (Å²) in [7, 11) is 0. The van der Waals surface area contributed by atoms with Gasteiger partial charge in [-0.15, -0.1) is 0 Å². The van der Waals surface area contributed by atoms with Gasteiger partial charge in [0.05, 0.1) is 0 Å². The van der Waals surface area contributed by atoms with Gasteiger partial charge in [0.1, 0.15) is 6.04 Å². The fourth-order valence-corrected chi connectivity index (χ4v) is 1.92. The quantitative estimate of drug-likeness (QED) is 0.685. The SMILES string of the molecule is C1=NC(c2ccncc2)c2ccccc21. The van der Waals surface area contributed by atoms with Crippen LogP contribution in [0.1, 0.15) is 22.7 Å². The molecule has 1 atom stereocenters. The average Bonchev–Trinajstić information content (AvgIpc) is 2.74. The van der Waals surface area contributed by atoms with E-state index in [2.05, 4.69) is 28.2 Å². The van der Waals surface area contributed by atoms with E-state index < -0.39 is 0 Å². The van der Waals surface area contributed by atoms with Crippen LogP contribution in [0.15, 0.2) is 53.8 Å². The number of hydrogen-bond acceptors (Lipinski definition) is 2. The molecule has 1 aromatic heterocycles. The maximum absolute atomic E-state index is 4.52. The summed E-state index contributed by atoms with van der Waals surface area (Å²) in [6.07, 6.45) is 5.57. The molecule has 72 valence electrons. The van der Waals surface area contributed by atoms with Crippen molar-refractivity contribution < 1.29 is 0 Å². The highest BCUT2D eigenvalue weighted by Gasteiger charge is 2.19. The van der Waals surface area contributed by atoms with Gasteiger partial charge < -0.3 is 0 Å². The Balaban J connectivity index is 2.09. The van der Waals surface area contributed by atoms with E-state index in [1.54, 1.807) is 0 Å². The van der Waals surface area contributed by atoms with Crippen molar-refractivity contribution in [1.29, 1.82) is 0 Å². The summed E-state index contributed by atoms with van der Waals surface area (Å²) in [5.74, 6) is 0. The van der Waals surface area contributed by atoms with Gasteiger partial charge in [0.25, 0.3) is 0 Å². The molecule has 1 aliphatic heterocycles. The molecule has 15 heavy (non-hydrogen) atoms. The third kappa shape index (κ3) is 1.34. The first kappa shape index (κ1) is 8.36. The van der Waals surface area contributed by atoms with Crippen molar-refractivity contribution in [3.05, 3.63) is 65.5 Å². The number of aliphatic imine (C=N–C) groups is 1. The average molecular weight is 194 g/mol. The molecule has 2 aromatic rings. The molecule has 3 rings (SSSR count). The maximum Gasteiger partial charge on any atom is 0.101 e. The lowest BCUT2D eigenvalue weighted by atomic mass is 9.99. The minimum absolute atomic E-state index is 0.157. The lowest BCUT2D eigenvalue weighted by Gasteiger charge is -2.09. The van der Waals surface area contributed by atoms with Gasteiger partial charge >= 0.3 is 0 Å². The summed E-state index contributed by atoms with van der Waals surface area (Å²) in [6.45, 7) is 0. The van der Waals surface area contributed by atoms with Crippen molar-refractivity contribution in [1.82, 2.24) is 4.98 Å². The molecule has 0 saturated carbocycles. The molecular weight excluding hydrogens is 184 g/mol. The Morgan fingerprint density at radius 1 is 0.933 bits per heavy atom. The Kier molecular flexibility index (Phi) is 1.85. The van der Waals surface area contributed by atoms with Crippen molar-refractivity contribution in [2.75, 3.05) is 0 Å². The van der Waals surface area contributed by atoms with Gasteiger partial charge in [0.15, 0.2) is 0 Å². The predicted octanol–water partition coefficient (Wildman–Crippen LogP) is 2.60. The van der Waals surface area contributed by atoms with E-state index in [0.29, 0.717) is 0 Å². The molecule has 0 amide bonds. The van der Waals surface area contributed by atoms with Crippen LogP contribution in [0.3, 0.4) is 0 Å². The lowest BCUT2D eigenvalue weighted by molar-refractivity contribution is 0.895. The fraction of sp³-hybridized carbons (Fsp3) is 0.0769. The molecule has 0 bridgehead atoms. The van der Waals surface area contributed by atoms with Crippen LogP contribution in [0.5, 0.6) is 0 Å². The second-order valence-electron chi connectivity index (χ2n) is 3.59. The van der Waals surface area contributed by atoms with E-state index in [-0.39, 0.29) is 6.04 Å². The predicted molar refractivity (Wildman–Crippen MR) is 60.1 cm³/mol. The van der Waals surface area contributed by atoms with E-state index in [4.69, 9.17) is 0 Å². The largest absolute Gasteiger partial charge is 0.280 e. The lowest BCUT2D eigenvalue weighted by Crippen LogP contribution is -1.95. The molecule has 0 fully saturated rings. The zero-order valence-electron chi connectivity index (χ0n) is 8.17. The topological polar surface area (TPSA) is 25.2 Å². The normalized spacial score (nSPS) is 17.7. The van der Waals surface area contributed by atoms with Gasteiger partial charge in [-0.05, 0) is 28.8 Å². The Hall–Kier alpha value is -1.96. The van der Waals surface area contributed by atoms with Crippen LogP contribution in [-0.4, -0.2) is 11.2 Å². The zero-order chi connectivity index (χ0) is 10.1. The van der Waals surface area contributed by atoms with Gasteiger partial charge in [-0.2, -0.15) is 0 Å². The van der Waals surface area contributed by atoms with Gasteiger partial charge in [0.2, 0.25) is 0 Å². The summed E-state index contributed by atoms with van der Waals surface area (Å²) in [6, 6.07) is 12.5. The molecule has 0 spiro atoms. The van der Waals surface area contributed by atoms with Crippen LogP contribution in [-0.2, 0) is 0 Å². The third-order valence-corrected chi connectivity index (χ3v) is 2.68. The molecular formula is C13H10N2. The first-order chi connectivity index (χ1) is 7.45. The molecule has 0 saturated heterocycles. The summed E-state index contributed by atoms with van der Waals surface area (Å²) in [4.78, 5) is 8.54. The van der Waals surface area contributed by atoms with E-state index >= 15 is 0 Å². The summed E-state index contributed by atoms with van der Waals surface area (Å²) < 4.78 is 0. The van der Waals surface area contributed by atoms with Gasteiger partial charge in [-0.25, -0.2) is 0 Å². The van der Waals surface area contributed by atoms with Crippen molar-refractivity contribution in [2.24, 2.45) is 4.99 Å². The monoisotopic (exact) mass is 194 g/mol. The summed E-state index contributed by atoms with van der Waals surface area (Å²) >= 11 is 0. The van der Waals surface area contributed by atoms with E-state index in [1.807, 2.05) is 36.8 Å². The molecule has 1 aliphatic rings. The number of aromatic nitrogens is 1. The van der Waals surface area contributed by atoms with Gasteiger partial charge in [-0.1, -0.05) is 24.3 Å². The van der Waals surface area contributed by atoms with E-state index in [9.17, 15) is 0 Å². The summed E-state index contributed by atoms with van der Waals surface area (Å²) in [5.41, 5.74) is 3.70. The second kappa shape index (κ2) is 3.31. The van der Waals surface area contributed by atoms with Crippen LogP contribution in [0.2, 0.25) is 0 Å². The number of hydrogen-bond donors (Lipinski definition) is 0. The first-order valence-electron chi connectivity index (χ1n) is 4.97. The number of nitrogens with zero attached hydrogens (tertiary/aromatic N) is 2. The Labute approximate surface area is 88.3 Å². The highest BCUT2D eigenvalue weighted by atomic mass is 14.8. The summed E-state index contributed by atoms with van der Waals surface area (Å²) in [5, 5.41) is 0. The Morgan fingerprint density at radius 3 is 2.60 bits per heavy atom. The van der Waals surface area contributed by atoms with Crippen molar-refractivity contribution >= 4 is 6.21 Å². The molecule has 2 heteroatoms. The number of benzene rings is 1. The van der Waals surface area contributed by atoms with E-state index in [1.165, 1.54) is 16.7 Å². The molecule has 1 aromatic carbocycles. The molecule has 2 nitrogen and oxygen atoms in total. The van der Waals surface area contributed by atoms with Crippen molar-refractivity contribution in [2.45, 2.75) is 6.04 Å². The highest BCUT2D eigenvalue weighted by Crippen LogP contribution is 2.31. The highest BCUT2D eigenvalue weighted by molar-refractivity contribution is 5.85. The van der Waals surface area contributed by atoms with Crippen LogP contribution in [0, 0.1) is 0 Å². The van der Waals surface area contributed by atoms with Crippen molar-refractivity contribution in [3.8, 4) is 0 Å². The molecule has 0 aliphatic carbocycles. The minimum atomic E-state index is 0.157. The van der Waals surface area contributed by atoms with Crippen LogP contribution >= 0.6 is 0 Å². The van der Waals surface area contributed by atoms with Gasteiger partial charge in [0, 0.05) is 18.6 Å². The van der Waals surface area contributed by atoms with E-state index in [0.717, 1.165) is 0 Å². The number of fused-ring (bicyclic) bond motifs is 1. The van der Waals surface area contributed by atoms with Crippen molar-refractivity contribution in [3.63, 3.8) is 0 Å². The number of pyridine rings is 1. The third-order valence-electron chi connectivity index (χ3n) is 2.68.